The van der Waals surface area contributed by atoms with Crippen LogP contribution in [0.2, 0.25) is 0 Å². The number of hydrogen-bond acceptors (Lipinski definition) is 12. The van der Waals surface area contributed by atoms with Gasteiger partial charge in [0.2, 0.25) is 0 Å². The van der Waals surface area contributed by atoms with Crippen molar-refractivity contribution in [3.05, 3.63) is 85.1 Å². The zero-order chi connectivity index (χ0) is 47.8. The van der Waals surface area contributed by atoms with Gasteiger partial charge < -0.3 is 39.9 Å². The summed E-state index contributed by atoms with van der Waals surface area (Å²) in [5, 5.41) is 50.2. The molecule has 372 valence electrons. The van der Waals surface area contributed by atoms with E-state index in [-0.39, 0.29) is 12.8 Å². The lowest BCUT2D eigenvalue weighted by molar-refractivity contribution is -0.220. The van der Waals surface area contributed by atoms with Crippen LogP contribution < -0.4 is 0 Å². The average molecular weight is 937 g/mol. The first-order valence-electron chi connectivity index (χ1n) is 24.4. The van der Waals surface area contributed by atoms with Crippen molar-refractivity contribution in [1.82, 2.24) is 0 Å². The number of unbranched alkanes of at least 4 members (excludes halogenated alkanes) is 13. The van der Waals surface area contributed by atoms with E-state index in [0.29, 0.717) is 12.8 Å². The third kappa shape index (κ3) is 32.4. The highest BCUT2D eigenvalue weighted by molar-refractivity contribution is 7.47. The first kappa shape index (κ1) is 60.0. The van der Waals surface area contributed by atoms with Gasteiger partial charge in [-0.05, 0) is 83.5 Å². The van der Waals surface area contributed by atoms with Crippen molar-refractivity contribution in [2.75, 3.05) is 13.2 Å². The van der Waals surface area contributed by atoms with E-state index in [4.69, 9.17) is 18.5 Å². The number of esters is 2. The van der Waals surface area contributed by atoms with Crippen LogP contribution >= 0.6 is 7.82 Å². The smallest absolute Gasteiger partial charge is 0.462 e. The zero-order valence-electron chi connectivity index (χ0n) is 39.5. The summed E-state index contributed by atoms with van der Waals surface area (Å²) in [4.78, 5) is 35.8. The van der Waals surface area contributed by atoms with E-state index < -0.39 is 75.7 Å². The Balaban J connectivity index is 2.44. The Hall–Kier alpha value is -2.97. The molecule has 0 spiro atoms. The Kier molecular flexibility index (Phi) is 37.1. The summed E-state index contributed by atoms with van der Waals surface area (Å²) in [5.74, 6) is -1.14. The van der Waals surface area contributed by atoms with Crippen LogP contribution in [-0.2, 0) is 32.7 Å². The van der Waals surface area contributed by atoms with Crippen molar-refractivity contribution in [3.63, 3.8) is 0 Å². The number of ether oxygens (including phenoxy) is 2. The van der Waals surface area contributed by atoms with Crippen LogP contribution in [0, 0.1) is 0 Å². The van der Waals surface area contributed by atoms with Gasteiger partial charge in [0.1, 0.15) is 43.2 Å². The quantitative estimate of drug-likeness (QED) is 0.0147. The van der Waals surface area contributed by atoms with Crippen LogP contribution in [0.3, 0.4) is 0 Å². The topological polar surface area (TPSA) is 210 Å². The van der Waals surface area contributed by atoms with Gasteiger partial charge in [-0.1, -0.05) is 157 Å². The number of aliphatic hydroxyl groups excluding tert-OH is 5. The third-order valence-corrected chi connectivity index (χ3v) is 11.7. The van der Waals surface area contributed by atoms with Crippen molar-refractivity contribution >= 4 is 19.8 Å². The van der Waals surface area contributed by atoms with E-state index in [1.807, 2.05) is 0 Å². The van der Waals surface area contributed by atoms with Gasteiger partial charge in [0.25, 0.3) is 0 Å². The maximum Gasteiger partial charge on any atom is 0.472 e. The molecule has 0 heterocycles. The molecule has 6 unspecified atom stereocenters. The highest BCUT2D eigenvalue weighted by atomic mass is 31.2. The minimum Gasteiger partial charge on any atom is -0.462 e. The Morgan fingerprint density at radius 3 is 1.26 bits per heavy atom. The summed E-state index contributed by atoms with van der Waals surface area (Å²) < 4.78 is 33.6. The Morgan fingerprint density at radius 2 is 0.831 bits per heavy atom. The van der Waals surface area contributed by atoms with E-state index in [1.54, 1.807) is 0 Å². The molecule has 14 heteroatoms. The summed E-state index contributed by atoms with van der Waals surface area (Å²) in [6.07, 6.45) is 39.1. The lowest BCUT2D eigenvalue weighted by Gasteiger charge is -2.41. The summed E-state index contributed by atoms with van der Waals surface area (Å²) in [7, 11) is -5.13. The number of allylic oxidation sites excluding steroid dienone is 14. The second-order valence-corrected chi connectivity index (χ2v) is 18.0. The maximum absolute atomic E-state index is 12.8. The molecular weight excluding hydrogens is 852 g/mol. The predicted octanol–water partition coefficient (Wildman–Crippen LogP) is 10.1. The number of aliphatic hydroxyl groups is 5. The van der Waals surface area contributed by atoms with E-state index in [1.165, 1.54) is 6.42 Å². The van der Waals surface area contributed by atoms with Crippen LogP contribution in [0.4, 0.5) is 0 Å². The van der Waals surface area contributed by atoms with Gasteiger partial charge in [0, 0.05) is 12.8 Å². The normalized spacial score (nSPS) is 22.2. The molecule has 0 aromatic rings. The molecule has 0 bridgehead atoms. The summed E-state index contributed by atoms with van der Waals surface area (Å²) in [6, 6.07) is 0. The largest absolute Gasteiger partial charge is 0.472 e. The van der Waals surface area contributed by atoms with Gasteiger partial charge in [-0.2, -0.15) is 0 Å². The molecule has 6 atom stereocenters. The molecule has 6 N–H and O–H groups in total. The number of carbonyl (C=O) groups excluding carboxylic acids is 2. The van der Waals surface area contributed by atoms with Crippen molar-refractivity contribution in [3.8, 4) is 0 Å². The number of hydrogen-bond donors (Lipinski definition) is 6. The number of phosphoric acid groups is 1. The Labute approximate surface area is 390 Å². The van der Waals surface area contributed by atoms with Gasteiger partial charge in [0.05, 0.1) is 6.61 Å². The second-order valence-electron chi connectivity index (χ2n) is 16.6. The molecule has 65 heavy (non-hydrogen) atoms. The zero-order valence-corrected chi connectivity index (χ0v) is 40.4. The highest BCUT2D eigenvalue weighted by Crippen LogP contribution is 2.47. The summed E-state index contributed by atoms with van der Waals surface area (Å²) >= 11 is 0. The van der Waals surface area contributed by atoms with Gasteiger partial charge in [0.15, 0.2) is 6.10 Å². The van der Waals surface area contributed by atoms with Crippen molar-refractivity contribution in [2.45, 2.75) is 211 Å². The molecule has 1 aliphatic rings. The standard InChI is InChI=1S/C51H85O13P/c1-3-5-7-9-11-13-15-17-19-20-21-22-23-24-26-28-30-32-34-36-38-40-45(53)63-43(42-62-65(59,60)64-51-49(57)47(55)46(54)48(56)50(51)58)41-61-44(52)39-37-35-33-31-29-27-25-18-16-14-12-10-8-6-4-2/h5-8,11-14,17-19,21-22,25,43,46-51,54-58H,3-4,9-10,15-16,20,23-24,26-42H2,1-2H3,(H,59,60)/b7-5-,8-6-,13-11-,14-12-,19-17-,22-21-,25-18-. The lowest BCUT2D eigenvalue weighted by atomic mass is 9.85. The van der Waals surface area contributed by atoms with E-state index >= 15 is 0 Å². The monoisotopic (exact) mass is 937 g/mol. The first-order valence-corrected chi connectivity index (χ1v) is 25.9. The summed E-state index contributed by atoms with van der Waals surface area (Å²) in [6.45, 7) is 3.05. The van der Waals surface area contributed by atoms with Gasteiger partial charge in [-0.15, -0.1) is 0 Å². The average Bonchev–Trinajstić information content (AvgIpc) is 3.29. The van der Waals surface area contributed by atoms with Gasteiger partial charge in [-0.25, -0.2) is 4.57 Å². The molecule has 0 aromatic heterocycles. The van der Waals surface area contributed by atoms with E-state index in [9.17, 15) is 44.6 Å². The second kappa shape index (κ2) is 40.1. The number of carbonyl (C=O) groups is 2. The lowest BCUT2D eigenvalue weighted by Crippen LogP contribution is -2.64. The molecule has 1 saturated carbocycles. The van der Waals surface area contributed by atoms with Crippen LogP contribution in [0.1, 0.15) is 168 Å². The molecule has 0 amide bonds. The van der Waals surface area contributed by atoms with Crippen LogP contribution in [0.15, 0.2) is 85.1 Å². The number of phosphoric ester groups is 1. The molecule has 0 aromatic carbocycles. The van der Waals surface area contributed by atoms with Gasteiger partial charge in [-0.3, -0.25) is 18.6 Å². The fraction of sp³-hybridized carbons (Fsp3) is 0.686. The van der Waals surface area contributed by atoms with Crippen LogP contribution in [0.25, 0.3) is 0 Å². The summed E-state index contributed by atoms with van der Waals surface area (Å²) in [5.41, 5.74) is 0. The van der Waals surface area contributed by atoms with Crippen molar-refractivity contribution < 1.29 is 63.1 Å². The van der Waals surface area contributed by atoms with Crippen molar-refractivity contribution in [1.29, 1.82) is 0 Å². The molecule has 1 fully saturated rings. The molecule has 1 aliphatic carbocycles. The van der Waals surface area contributed by atoms with Crippen molar-refractivity contribution in [2.24, 2.45) is 0 Å². The fourth-order valence-electron chi connectivity index (χ4n) is 6.88. The maximum atomic E-state index is 12.8. The Morgan fingerprint density at radius 1 is 0.477 bits per heavy atom. The van der Waals surface area contributed by atoms with E-state index in [2.05, 4.69) is 98.9 Å². The molecule has 0 saturated heterocycles. The van der Waals surface area contributed by atoms with E-state index in [0.717, 1.165) is 122 Å². The fourth-order valence-corrected chi connectivity index (χ4v) is 7.85. The Bertz CT molecular complexity index is 1460. The SMILES string of the molecule is CC/C=C\C/C=C\C/C=C\C/C=C\CCCCCCCCCCC(=O)OC(COC(=O)CCCCCCC/C=C\C/C=C\C/C=C\CC)COP(=O)(O)OC1C(O)C(O)C(O)C(O)C1O. The third-order valence-electron chi connectivity index (χ3n) is 10.7. The molecule has 13 nitrogen and oxygen atoms in total. The minimum atomic E-state index is -5.13. The number of rotatable bonds is 39. The molecule has 0 aliphatic heterocycles. The van der Waals surface area contributed by atoms with Gasteiger partial charge >= 0.3 is 19.8 Å². The van der Waals surface area contributed by atoms with Crippen LogP contribution in [-0.4, -0.2) is 98.3 Å². The van der Waals surface area contributed by atoms with Crippen LogP contribution in [0.5, 0.6) is 0 Å². The molecule has 1 rings (SSSR count). The highest BCUT2D eigenvalue weighted by Gasteiger charge is 2.51. The molecule has 0 radical (unpaired) electrons. The minimum absolute atomic E-state index is 0.0783. The first-order chi connectivity index (χ1) is 31.4. The predicted molar refractivity (Wildman–Crippen MR) is 258 cm³/mol. The molecular formula is C51H85O13P.